The molecule has 7 N–H and O–H groups in total. The van der Waals surface area contributed by atoms with Gasteiger partial charge < -0.3 is 50.0 Å². The molecule has 2 saturated heterocycles. The molecule has 0 aromatic heterocycles. The predicted molar refractivity (Wildman–Crippen MR) is 82.0 cm³/mol. The first-order valence-corrected chi connectivity index (χ1v) is 8.29. The van der Waals surface area contributed by atoms with Gasteiger partial charge in [0.05, 0.1) is 6.10 Å². The predicted octanol–water partition coefficient (Wildman–Crippen LogP) is -3.30. The summed E-state index contributed by atoms with van der Waals surface area (Å²) in [5, 5.41) is 68.2. The summed E-state index contributed by atoms with van der Waals surface area (Å²) >= 11 is 0. The number of aliphatic carboxylic acids is 2. The molecule has 0 aliphatic carbocycles. The highest BCUT2D eigenvalue weighted by atomic mass is 16.7. The fourth-order valence-corrected chi connectivity index (χ4v) is 3.32. The second-order valence-corrected chi connectivity index (χ2v) is 6.93. The minimum atomic E-state index is -2.00. The van der Waals surface area contributed by atoms with Gasteiger partial charge in [-0.25, -0.2) is 9.59 Å². The fraction of sp³-hybridized carbons (Fsp3) is 0.867. The monoisotopic (exact) mass is 396 g/mol. The van der Waals surface area contributed by atoms with Crippen LogP contribution in [0.3, 0.4) is 0 Å². The van der Waals surface area contributed by atoms with Gasteiger partial charge in [-0.15, -0.1) is 0 Å². The first kappa shape index (κ1) is 21.9. The maximum absolute atomic E-state index is 11.5. The molecule has 12 heteroatoms. The minimum absolute atomic E-state index is 0.385. The topological polar surface area (TPSA) is 203 Å². The van der Waals surface area contributed by atoms with Crippen molar-refractivity contribution in [2.75, 3.05) is 0 Å². The third-order valence-electron chi connectivity index (χ3n) is 4.76. The first-order chi connectivity index (χ1) is 12.5. The van der Waals surface area contributed by atoms with E-state index in [1.165, 1.54) is 0 Å². The van der Waals surface area contributed by atoms with E-state index in [4.69, 9.17) is 9.47 Å². The van der Waals surface area contributed by atoms with Crippen molar-refractivity contribution in [1.29, 1.82) is 0 Å². The quantitative estimate of drug-likeness (QED) is 0.244. The first-order valence-electron chi connectivity index (χ1n) is 8.29. The van der Waals surface area contributed by atoms with Crippen LogP contribution in [0.25, 0.3) is 0 Å². The van der Waals surface area contributed by atoms with Gasteiger partial charge in [-0.2, -0.15) is 0 Å². The summed E-state index contributed by atoms with van der Waals surface area (Å²) in [6, 6.07) is 0. The number of ether oxygens (including phenoxy) is 3. The van der Waals surface area contributed by atoms with Gasteiger partial charge in [0, 0.05) is 5.92 Å². The van der Waals surface area contributed by atoms with E-state index in [0.717, 1.165) is 0 Å². The Hall–Kier alpha value is -1.38. The number of carboxylic acid groups (broad SMARTS) is 2. The standard InChI is InChI=1S/C15H24O12/c1-3(2)4-5(16)8(19)15(26-9(4)12(20)21)27-10-6(17)7(18)14(24)25-11(10)13(22)23/h3-11,14-19,24H,1-2H3,(H,20,21)(H,22,23). The molecule has 0 saturated carbocycles. The summed E-state index contributed by atoms with van der Waals surface area (Å²) in [6.45, 7) is 3.25. The molecule has 27 heavy (non-hydrogen) atoms. The van der Waals surface area contributed by atoms with Gasteiger partial charge in [0.2, 0.25) is 0 Å². The van der Waals surface area contributed by atoms with Gasteiger partial charge in [-0.05, 0) is 5.92 Å². The maximum atomic E-state index is 11.5. The summed E-state index contributed by atoms with van der Waals surface area (Å²) < 4.78 is 15.1. The second kappa shape index (κ2) is 8.32. The lowest BCUT2D eigenvalue weighted by molar-refractivity contribution is -0.344. The molecule has 156 valence electrons. The second-order valence-electron chi connectivity index (χ2n) is 6.93. The van der Waals surface area contributed by atoms with E-state index in [9.17, 15) is 45.3 Å². The van der Waals surface area contributed by atoms with Crippen molar-refractivity contribution in [3.8, 4) is 0 Å². The van der Waals surface area contributed by atoms with Crippen LogP contribution in [0.5, 0.6) is 0 Å². The van der Waals surface area contributed by atoms with E-state index in [2.05, 4.69) is 4.74 Å². The highest BCUT2D eigenvalue weighted by Gasteiger charge is 2.54. The number of rotatable bonds is 5. The Kier molecular flexibility index (Phi) is 6.76. The Balaban J connectivity index is 2.25. The highest BCUT2D eigenvalue weighted by Crippen LogP contribution is 2.34. The highest BCUT2D eigenvalue weighted by molar-refractivity contribution is 5.74. The zero-order valence-corrected chi connectivity index (χ0v) is 14.5. The smallest absolute Gasteiger partial charge is 0.335 e. The van der Waals surface area contributed by atoms with Crippen molar-refractivity contribution in [2.45, 2.75) is 69.2 Å². The number of carboxylic acids is 2. The molecule has 0 spiro atoms. The van der Waals surface area contributed by atoms with Gasteiger partial charge in [-0.1, -0.05) is 13.8 Å². The van der Waals surface area contributed by atoms with Gasteiger partial charge in [0.25, 0.3) is 0 Å². The fourth-order valence-electron chi connectivity index (χ4n) is 3.32. The Bertz CT molecular complexity index is 553. The summed E-state index contributed by atoms with van der Waals surface area (Å²) in [5.74, 6) is -4.44. The average Bonchev–Trinajstić information content (AvgIpc) is 2.57. The van der Waals surface area contributed by atoms with E-state index in [1.807, 2.05) is 0 Å². The molecule has 2 aliphatic heterocycles. The molecule has 0 aromatic carbocycles. The Morgan fingerprint density at radius 2 is 1.37 bits per heavy atom. The average molecular weight is 396 g/mol. The molecule has 2 aliphatic rings. The van der Waals surface area contributed by atoms with Gasteiger partial charge in [0.1, 0.15) is 24.4 Å². The molecule has 0 radical (unpaired) electrons. The van der Waals surface area contributed by atoms with E-state index in [0.29, 0.717) is 0 Å². The number of aliphatic hydroxyl groups is 5. The summed E-state index contributed by atoms with van der Waals surface area (Å²) in [5.41, 5.74) is 0. The molecular formula is C15H24O12. The third-order valence-corrected chi connectivity index (χ3v) is 4.76. The van der Waals surface area contributed by atoms with Crippen molar-refractivity contribution < 1.29 is 59.5 Å². The summed E-state index contributed by atoms with van der Waals surface area (Å²) in [7, 11) is 0. The van der Waals surface area contributed by atoms with Crippen LogP contribution >= 0.6 is 0 Å². The van der Waals surface area contributed by atoms with Crippen molar-refractivity contribution >= 4 is 11.9 Å². The zero-order chi connectivity index (χ0) is 20.6. The summed E-state index contributed by atoms with van der Waals surface area (Å²) in [4.78, 5) is 22.8. The molecule has 0 bridgehead atoms. The van der Waals surface area contributed by atoms with Crippen molar-refractivity contribution in [1.82, 2.24) is 0 Å². The lowest BCUT2D eigenvalue weighted by Crippen LogP contribution is -2.64. The molecule has 10 unspecified atom stereocenters. The van der Waals surface area contributed by atoms with Crippen LogP contribution in [0.2, 0.25) is 0 Å². The van der Waals surface area contributed by atoms with Gasteiger partial charge in [0.15, 0.2) is 24.8 Å². The van der Waals surface area contributed by atoms with Crippen LogP contribution in [0.1, 0.15) is 13.8 Å². The van der Waals surface area contributed by atoms with E-state index < -0.39 is 73.2 Å². The molecule has 2 fully saturated rings. The van der Waals surface area contributed by atoms with Crippen LogP contribution < -0.4 is 0 Å². The number of carbonyl (C=O) groups is 2. The van der Waals surface area contributed by atoms with Crippen LogP contribution in [-0.4, -0.2) is 103 Å². The zero-order valence-electron chi connectivity index (χ0n) is 14.5. The minimum Gasteiger partial charge on any atom is -0.479 e. The Labute approximate surface area is 153 Å². The van der Waals surface area contributed by atoms with E-state index in [-0.39, 0.29) is 5.92 Å². The molecular weight excluding hydrogens is 372 g/mol. The van der Waals surface area contributed by atoms with Crippen LogP contribution in [-0.2, 0) is 23.8 Å². The molecule has 10 atom stereocenters. The van der Waals surface area contributed by atoms with Crippen LogP contribution in [0.4, 0.5) is 0 Å². The molecule has 0 aromatic rings. The maximum Gasteiger partial charge on any atom is 0.335 e. The Morgan fingerprint density at radius 3 is 1.85 bits per heavy atom. The molecule has 2 heterocycles. The number of aliphatic hydroxyl groups excluding tert-OH is 5. The van der Waals surface area contributed by atoms with Crippen LogP contribution in [0, 0.1) is 11.8 Å². The van der Waals surface area contributed by atoms with Crippen LogP contribution in [0.15, 0.2) is 0 Å². The molecule has 12 nitrogen and oxygen atoms in total. The van der Waals surface area contributed by atoms with E-state index >= 15 is 0 Å². The van der Waals surface area contributed by atoms with Crippen molar-refractivity contribution in [2.24, 2.45) is 11.8 Å². The SMILES string of the molecule is CC(C)C1C(C(=O)O)OC(OC2C(C(=O)O)OC(O)C(O)C2O)C(O)C1O. The van der Waals surface area contributed by atoms with Crippen molar-refractivity contribution in [3.05, 3.63) is 0 Å². The van der Waals surface area contributed by atoms with Gasteiger partial charge in [-0.3, -0.25) is 0 Å². The van der Waals surface area contributed by atoms with Crippen molar-refractivity contribution in [3.63, 3.8) is 0 Å². The molecule has 2 rings (SSSR count). The lowest BCUT2D eigenvalue weighted by Gasteiger charge is -2.46. The lowest BCUT2D eigenvalue weighted by atomic mass is 9.80. The normalized spacial score (nSPS) is 45.6. The number of hydrogen-bond donors (Lipinski definition) is 7. The number of hydrogen-bond acceptors (Lipinski definition) is 10. The van der Waals surface area contributed by atoms with E-state index in [1.54, 1.807) is 13.8 Å². The molecule has 0 amide bonds. The Morgan fingerprint density at radius 1 is 0.815 bits per heavy atom. The van der Waals surface area contributed by atoms with Gasteiger partial charge >= 0.3 is 11.9 Å². The summed E-state index contributed by atoms with van der Waals surface area (Å²) in [6.07, 6.45) is -16.4. The third kappa shape index (κ3) is 4.22. The largest absolute Gasteiger partial charge is 0.479 e.